The summed E-state index contributed by atoms with van der Waals surface area (Å²) in [5.74, 6) is 0. The second-order valence-corrected chi connectivity index (χ2v) is 12.2. The molecule has 0 nitrogen and oxygen atoms in total. The molecule has 0 saturated carbocycles. The summed E-state index contributed by atoms with van der Waals surface area (Å²) in [7, 11) is 0. The highest BCUT2D eigenvalue weighted by atomic mass is 14.1. The summed E-state index contributed by atoms with van der Waals surface area (Å²) < 4.78 is 0. The Morgan fingerprint density at radius 2 is 0.214 bits per heavy atom. The monoisotopic (exact) mass is 730 g/mol. The lowest BCUT2D eigenvalue weighted by Crippen LogP contribution is -1.84. The fraction of sp³-hybridized carbons (Fsp3) is 0.143. The van der Waals surface area contributed by atoms with Crippen molar-refractivity contribution in [1.82, 2.24) is 0 Å². The molecule has 0 heterocycles. The summed E-state index contributed by atoms with van der Waals surface area (Å²) >= 11 is 0. The molecule has 0 fully saturated rings. The molecule has 282 valence electrons. The Balaban J connectivity index is 0.000000820. The third-order valence-corrected chi connectivity index (χ3v) is 9.19. The first-order chi connectivity index (χ1) is 27.8. The summed E-state index contributed by atoms with van der Waals surface area (Å²) in [5, 5.41) is 0. The van der Waals surface area contributed by atoms with Crippen LogP contribution in [0.4, 0.5) is 0 Å². The van der Waals surface area contributed by atoms with E-state index in [0.29, 0.717) is 0 Å². The Kier molecular flexibility index (Phi) is 17.3. The van der Waals surface area contributed by atoms with Gasteiger partial charge in [-0.1, -0.05) is 262 Å². The molecule has 0 aliphatic rings. The maximum Gasteiger partial charge on any atom is -0.0184 e. The molecule has 56 heavy (non-hydrogen) atoms. The van der Waals surface area contributed by atoms with Crippen molar-refractivity contribution in [3.05, 3.63) is 206 Å². The van der Waals surface area contributed by atoms with Gasteiger partial charge in [-0.25, -0.2) is 0 Å². The zero-order valence-corrected chi connectivity index (χ0v) is 34.6. The standard InChI is InChI=1S/C48H34.4C2H6/c1-3-7-35(8-4-1)37-11-15-39(16-12-37)41-19-23-43(24-20-41)45-27-31-47(32-28-45)48-33-29-46(30-34-48)44-25-21-42(22-26-44)40-17-13-38(14-18-40)36-9-5-2-6-10-36;4*1-2/h1-34H;4*1-2H3. The van der Waals surface area contributed by atoms with Crippen molar-refractivity contribution in [1.29, 1.82) is 0 Å². The molecule has 0 radical (unpaired) electrons. The molecule has 8 rings (SSSR count). The first kappa shape index (κ1) is 42.5. The van der Waals surface area contributed by atoms with E-state index in [2.05, 4.69) is 206 Å². The highest BCUT2D eigenvalue weighted by molar-refractivity contribution is 5.77. The number of hydrogen-bond donors (Lipinski definition) is 0. The third kappa shape index (κ3) is 10.9. The minimum Gasteiger partial charge on any atom is -0.0683 e. The lowest BCUT2D eigenvalue weighted by atomic mass is 9.95. The maximum absolute atomic E-state index is 2.22. The summed E-state index contributed by atoms with van der Waals surface area (Å²) in [5.41, 5.74) is 17.2. The van der Waals surface area contributed by atoms with E-state index in [0.717, 1.165) is 0 Å². The zero-order valence-electron chi connectivity index (χ0n) is 34.6. The maximum atomic E-state index is 2.22. The third-order valence-electron chi connectivity index (χ3n) is 9.19. The van der Waals surface area contributed by atoms with E-state index in [1.807, 2.05) is 55.4 Å². The Hall–Kier alpha value is -6.24. The van der Waals surface area contributed by atoms with Crippen molar-refractivity contribution in [2.75, 3.05) is 0 Å². The van der Waals surface area contributed by atoms with Gasteiger partial charge in [-0.15, -0.1) is 0 Å². The van der Waals surface area contributed by atoms with Crippen LogP contribution in [0.25, 0.3) is 77.9 Å². The Bertz CT molecular complexity index is 2060. The van der Waals surface area contributed by atoms with Crippen LogP contribution in [0.15, 0.2) is 206 Å². The normalized spacial score (nSPS) is 9.79. The van der Waals surface area contributed by atoms with Gasteiger partial charge in [0.15, 0.2) is 0 Å². The van der Waals surface area contributed by atoms with Crippen molar-refractivity contribution in [3.8, 4) is 77.9 Å². The quantitative estimate of drug-likeness (QED) is 0.153. The Morgan fingerprint density at radius 1 is 0.125 bits per heavy atom. The van der Waals surface area contributed by atoms with E-state index in [1.165, 1.54) is 77.9 Å². The fourth-order valence-electron chi connectivity index (χ4n) is 6.39. The molecule has 0 unspecified atom stereocenters. The predicted octanol–water partition coefficient (Wildman–Crippen LogP) is 17.5. The van der Waals surface area contributed by atoms with E-state index in [9.17, 15) is 0 Å². The molecule has 0 heteroatoms. The van der Waals surface area contributed by atoms with Gasteiger partial charge in [0, 0.05) is 0 Å². The molecule has 0 bridgehead atoms. The second kappa shape index (κ2) is 22.9. The molecule has 8 aromatic carbocycles. The molecule has 0 spiro atoms. The lowest BCUT2D eigenvalue weighted by molar-refractivity contribution is 1.50. The summed E-state index contributed by atoms with van der Waals surface area (Å²) in [6.07, 6.45) is 0. The van der Waals surface area contributed by atoms with Crippen LogP contribution in [0, 0.1) is 0 Å². The van der Waals surface area contributed by atoms with Gasteiger partial charge >= 0.3 is 0 Å². The molecule has 0 N–H and O–H groups in total. The smallest absolute Gasteiger partial charge is 0.0184 e. The molecular formula is C56H58. The van der Waals surface area contributed by atoms with Crippen molar-refractivity contribution in [3.63, 3.8) is 0 Å². The van der Waals surface area contributed by atoms with Crippen LogP contribution in [0.1, 0.15) is 55.4 Å². The minimum absolute atomic E-state index is 1.22. The van der Waals surface area contributed by atoms with E-state index in [1.54, 1.807) is 0 Å². The molecule has 0 saturated heterocycles. The van der Waals surface area contributed by atoms with E-state index in [-0.39, 0.29) is 0 Å². The molecule has 8 aromatic rings. The van der Waals surface area contributed by atoms with Crippen LogP contribution in [-0.2, 0) is 0 Å². The Labute approximate surface area is 338 Å². The van der Waals surface area contributed by atoms with Gasteiger partial charge in [0.25, 0.3) is 0 Å². The molecule has 0 atom stereocenters. The summed E-state index contributed by atoms with van der Waals surface area (Å²) in [4.78, 5) is 0. The largest absolute Gasteiger partial charge is 0.0683 e. The van der Waals surface area contributed by atoms with Crippen LogP contribution in [0.3, 0.4) is 0 Å². The predicted molar refractivity (Wildman–Crippen MR) is 250 cm³/mol. The minimum atomic E-state index is 1.22. The molecule has 0 amide bonds. The number of benzene rings is 8. The Morgan fingerprint density at radius 3 is 0.321 bits per heavy atom. The van der Waals surface area contributed by atoms with Gasteiger partial charge in [-0.3, -0.25) is 0 Å². The van der Waals surface area contributed by atoms with Crippen molar-refractivity contribution in [2.24, 2.45) is 0 Å². The van der Waals surface area contributed by atoms with Crippen molar-refractivity contribution >= 4 is 0 Å². The number of rotatable bonds is 7. The van der Waals surface area contributed by atoms with Crippen molar-refractivity contribution in [2.45, 2.75) is 55.4 Å². The number of hydrogen-bond acceptors (Lipinski definition) is 0. The summed E-state index contributed by atoms with van der Waals surface area (Å²) in [6.45, 7) is 16.0. The van der Waals surface area contributed by atoms with Gasteiger partial charge in [0.1, 0.15) is 0 Å². The molecule has 0 aromatic heterocycles. The fourth-order valence-corrected chi connectivity index (χ4v) is 6.39. The van der Waals surface area contributed by atoms with Gasteiger partial charge < -0.3 is 0 Å². The highest BCUT2D eigenvalue weighted by Gasteiger charge is 2.06. The van der Waals surface area contributed by atoms with Gasteiger partial charge in [-0.05, 0) is 77.9 Å². The zero-order chi connectivity index (χ0) is 40.1. The van der Waals surface area contributed by atoms with Gasteiger partial charge in [0.2, 0.25) is 0 Å². The van der Waals surface area contributed by atoms with Crippen LogP contribution < -0.4 is 0 Å². The molecule has 0 aliphatic heterocycles. The lowest BCUT2D eigenvalue weighted by Gasteiger charge is -2.09. The highest BCUT2D eigenvalue weighted by Crippen LogP contribution is 2.31. The van der Waals surface area contributed by atoms with Crippen LogP contribution in [0.5, 0.6) is 0 Å². The average molecular weight is 731 g/mol. The van der Waals surface area contributed by atoms with E-state index >= 15 is 0 Å². The van der Waals surface area contributed by atoms with Crippen LogP contribution >= 0.6 is 0 Å². The first-order valence-electron chi connectivity index (χ1n) is 20.5. The van der Waals surface area contributed by atoms with Crippen LogP contribution in [-0.4, -0.2) is 0 Å². The topological polar surface area (TPSA) is 0 Å². The van der Waals surface area contributed by atoms with E-state index in [4.69, 9.17) is 0 Å². The summed E-state index contributed by atoms with van der Waals surface area (Å²) in [6, 6.07) is 74.2. The molecular weight excluding hydrogens is 673 g/mol. The van der Waals surface area contributed by atoms with Gasteiger partial charge in [0.05, 0.1) is 0 Å². The molecule has 0 aliphatic carbocycles. The SMILES string of the molecule is CC.CC.CC.CC.c1ccc(-c2ccc(-c3ccc(-c4ccc(-c5ccc(-c6ccc(-c7ccc(-c8ccccc8)cc7)cc6)cc5)cc4)cc3)cc2)cc1. The first-order valence-corrected chi connectivity index (χ1v) is 20.5. The van der Waals surface area contributed by atoms with Crippen molar-refractivity contribution < 1.29 is 0 Å². The van der Waals surface area contributed by atoms with E-state index < -0.39 is 0 Å². The van der Waals surface area contributed by atoms with Gasteiger partial charge in [-0.2, -0.15) is 0 Å². The average Bonchev–Trinajstić information content (AvgIpc) is 3.32. The van der Waals surface area contributed by atoms with Crippen LogP contribution in [0.2, 0.25) is 0 Å². The second-order valence-electron chi connectivity index (χ2n) is 12.2.